The van der Waals surface area contributed by atoms with Gasteiger partial charge in [0.1, 0.15) is 73.2 Å². The molecule has 0 amide bonds. The van der Waals surface area contributed by atoms with E-state index >= 15 is 0 Å². The van der Waals surface area contributed by atoms with Crippen molar-refractivity contribution < 1.29 is 137 Å². The number of hydrogen-bond acceptors (Lipinski definition) is 23. The van der Waals surface area contributed by atoms with Crippen LogP contribution in [0.4, 0.5) is 0 Å². The zero-order valence-corrected chi connectivity index (χ0v) is 44.9. The average molecular weight is 1120 g/mol. The number of hydrogen-bond donors (Lipinski definition) is 6. The molecule has 430 valence electrons. The smallest absolute Gasteiger partial charge is 0.382 e. The van der Waals surface area contributed by atoms with Gasteiger partial charge in [-0.15, -0.1) is 0 Å². The number of phosphoric acid groups is 3. The maximum atomic E-state index is 12.5. The van der Waals surface area contributed by atoms with Crippen LogP contribution in [0.15, 0.2) is 0 Å². The Labute approximate surface area is 421 Å². The molecule has 2 saturated carbocycles. The Morgan fingerprint density at radius 1 is 0.264 bits per heavy atom. The van der Waals surface area contributed by atoms with Crippen LogP contribution in [0.25, 0.3) is 0 Å². The Morgan fingerprint density at radius 3 is 0.694 bits per heavy atom. The molecule has 0 aromatic rings. The van der Waals surface area contributed by atoms with Gasteiger partial charge in [0, 0.05) is 63.0 Å². The van der Waals surface area contributed by atoms with E-state index in [0.29, 0.717) is 26.1 Å². The third kappa shape index (κ3) is 26.8. The molecule has 0 aromatic carbocycles. The van der Waals surface area contributed by atoms with E-state index in [9.17, 15) is 43.1 Å². The number of ether oxygens (including phenoxy) is 17. The summed E-state index contributed by atoms with van der Waals surface area (Å²) >= 11 is 0. The van der Waals surface area contributed by atoms with Crippen LogP contribution in [0.5, 0.6) is 0 Å². The maximum Gasteiger partial charge on any atom is 0.470 e. The molecule has 2 fully saturated rings. The zero-order valence-electron chi connectivity index (χ0n) is 42.2. The van der Waals surface area contributed by atoms with Gasteiger partial charge in [-0.05, 0) is 19.3 Å². The largest absolute Gasteiger partial charge is 0.470 e. The fourth-order valence-electron chi connectivity index (χ4n) is 7.79. The van der Waals surface area contributed by atoms with Gasteiger partial charge >= 0.3 is 23.5 Å². The van der Waals surface area contributed by atoms with Crippen LogP contribution in [0.1, 0.15) is 19.3 Å². The quantitative estimate of drug-likeness (QED) is 0.0334. The summed E-state index contributed by atoms with van der Waals surface area (Å²) in [6.45, 7) is 1.79. The molecule has 29 nitrogen and oxygen atoms in total. The monoisotopic (exact) mass is 1120 g/mol. The summed E-state index contributed by atoms with van der Waals surface area (Å²) in [5, 5.41) is 0. The van der Waals surface area contributed by atoms with E-state index < -0.39 is 96.7 Å². The summed E-state index contributed by atoms with van der Waals surface area (Å²) < 4.78 is 150. The molecule has 72 heavy (non-hydrogen) atoms. The molecule has 32 heteroatoms. The summed E-state index contributed by atoms with van der Waals surface area (Å²) in [5.41, 5.74) is 0. The third-order valence-corrected chi connectivity index (χ3v) is 12.3. The molecule has 2 aliphatic carbocycles. The summed E-state index contributed by atoms with van der Waals surface area (Å²) in [7, 11) is -5.93. The molecule has 0 bridgehead atoms. The molecule has 4 unspecified atom stereocenters. The van der Waals surface area contributed by atoms with Crippen LogP contribution in [0.3, 0.4) is 0 Å². The van der Waals surface area contributed by atoms with Gasteiger partial charge in [0.05, 0.1) is 106 Å². The Hall–Kier alpha value is -0.350. The topological polar surface area (TPSA) is 357 Å². The SMILES string of the molecule is COCCOCCO[C@@H]1C(OP(=O)(O)O)[C@H](OCCOCCOC)[C@@H](OC)C(OCCCCCOC2[C@@H](OP(=O)(O)O)[C@H](OCCOCCOC)C(OC)[C@H](OCCOCCOC)[C@H]2OP(=O)(O)O)[C@H]1OC. The normalized spacial score (nSPS) is 27.5. The third-order valence-electron chi connectivity index (χ3n) is 10.8. The van der Waals surface area contributed by atoms with Crippen LogP contribution in [0, 0.1) is 0 Å². The van der Waals surface area contributed by atoms with Crippen molar-refractivity contribution in [2.75, 3.05) is 169 Å². The van der Waals surface area contributed by atoms with Gasteiger partial charge in [-0.3, -0.25) is 13.6 Å². The van der Waals surface area contributed by atoms with Crippen molar-refractivity contribution in [2.24, 2.45) is 0 Å². The minimum Gasteiger partial charge on any atom is -0.382 e. The minimum atomic E-state index is -5.37. The molecule has 0 spiro atoms. The van der Waals surface area contributed by atoms with E-state index in [2.05, 4.69) is 0 Å². The summed E-state index contributed by atoms with van der Waals surface area (Å²) in [6, 6.07) is 0. The van der Waals surface area contributed by atoms with Crippen molar-refractivity contribution in [3.63, 3.8) is 0 Å². The van der Waals surface area contributed by atoms with Crippen molar-refractivity contribution in [1.82, 2.24) is 0 Å². The second-order valence-electron chi connectivity index (χ2n) is 15.8. The Balaban J connectivity index is 2.37. The molecular weight excluding hydrogens is 1040 g/mol. The number of methoxy groups -OCH3 is 7. The van der Waals surface area contributed by atoms with Crippen molar-refractivity contribution in [1.29, 1.82) is 0 Å². The molecule has 2 rings (SSSR count). The van der Waals surface area contributed by atoms with Gasteiger partial charge in [-0.1, -0.05) is 0 Å². The number of phosphoric ester groups is 3. The van der Waals surface area contributed by atoms with Gasteiger partial charge in [-0.25, -0.2) is 13.7 Å². The first-order valence-corrected chi connectivity index (χ1v) is 27.8. The number of rotatable bonds is 45. The summed E-state index contributed by atoms with van der Waals surface area (Å²) in [4.78, 5) is 60.5. The van der Waals surface area contributed by atoms with Crippen LogP contribution in [-0.2, 0) is 108 Å². The molecule has 0 saturated heterocycles. The lowest BCUT2D eigenvalue weighted by atomic mass is 9.84. The summed E-state index contributed by atoms with van der Waals surface area (Å²) in [6.07, 6.45) is -15.1. The average Bonchev–Trinajstić information content (AvgIpc) is 3.31. The maximum absolute atomic E-state index is 12.5. The van der Waals surface area contributed by atoms with Gasteiger partial charge in [0.15, 0.2) is 0 Å². The Kier molecular flexibility index (Phi) is 36.0. The van der Waals surface area contributed by atoms with E-state index in [1.165, 1.54) is 49.8 Å². The van der Waals surface area contributed by atoms with Gasteiger partial charge in [0.25, 0.3) is 0 Å². The van der Waals surface area contributed by atoms with Crippen LogP contribution >= 0.6 is 23.5 Å². The fourth-order valence-corrected chi connectivity index (χ4v) is 9.46. The van der Waals surface area contributed by atoms with Crippen LogP contribution in [0.2, 0.25) is 0 Å². The first-order chi connectivity index (χ1) is 34.4. The second kappa shape index (κ2) is 38.3. The van der Waals surface area contributed by atoms with Crippen LogP contribution < -0.4 is 0 Å². The lowest BCUT2D eigenvalue weighted by Crippen LogP contribution is -2.67. The highest BCUT2D eigenvalue weighted by Gasteiger charge is 2.58. The molecule has 6 N–H and O–H groups in total. The van der Waals surface area contributed by atoms with Gasteiger partial charge in [-0.2, -0.15) is 0 Å². The molecule has 2 aliphatic rings. The highest BCUT2D eigenvalue weighted by molar-refractivity contribution is 7.46. The van der Waals surface area contributed by atoms with E-state index in [1.54, 1.807) is 0 Å². The van der Waals surface area contributed by atoms with Crippen molar-refractivity contribution in [3.8, 4) is 0 Å². The first kappa shape index (κ1) is 67.8. The number of unbranched alkanes of at least 4 members (excludes halogenated alkanes) is 2. The lowest BCUT2D eigenvalue weighted by molar-refractivity contribution is -0.265. The van der Waals surface area contributed by atoms with Gasteiger partial charge < -0.3 is 110 Å². The fraction of sp³-hybridized carbons (Fsp3) is 1.00. The van der Waals surface area contributed by atoms with E-state index in [-0.39, 0.29) is 112 Å². The van der Waals surface area contributed by atoms with E-state index in [4.69, 9.17) is 94.1 Å². The van der Waals surface area contributed by atoms with Gasteiger partial charge in [0.2, 0.25) is 0 Å². The highest BCUT2D eigenvalue weighted by atomic mass is 31.2. The zero-order chi connectivity index (χ0) is 53.4. The van der Waals surface area contributed by atoms with E-state index in [1.807, 2.05) is 0 Å². The highest BCUT2D eigenvalue weighted by Crippen LogP contribution is 2.48. The first-order valence-electron chi connectivity index (χ1n) is 23.2. The second-order valence-corrected chi connectivity index (χ2v) is 19.4. The standard InChI is InChI=1S/C40H81O29P3/c1-50-13-17-57-21-25-63-33-29(54-5)32(30(55-6)34(38(33)67-70(41,42)43)64-26-22-58-18-14-51-2)61-11-9-8-10-12-62-37-39(68-71(44,45)46)35(65-27-23-59-19-15-52-3)31(56-7)36(40(37)69-72(47,48)49)66-28-24-60-20-16-53-4/h29-40H,8-28H2,1-7H3,(H2,41,42,43)(H2,44,45,46)(H2,47,48,49)/t29-,30+,31?,32?,33+,34-,35-,36+,37?,38?,39+,40-. The summed E-state index contributed by atoms with van der Waals surface area (Å²) in [5.74, 6) is 0. The Bertz CT molecular complexity index is 1410. The molecule has 0 heterocycles. The molecule has 0 radical (unpaired) electrons. The van der Waals surface area contributed by atoms with E-state index in [0.717, 1.165) is 0 Å². The molecular formula is C40H81O29P3. The predicted molar refractivity (Wildman–Crippen MR) is 246 cm³/mol. The molecule has 12 atom stereocenters. The van der Waals surface area contributed by atoms with Crippen molar-refractivity contribution in [2.45, 2.75) is 92.5 Å². The Morgan fingerprint density at radius 2 is 0.472 bits per heavy atom. The van der Waals surface area contributed by atoms with Crippen LogP contribution in [-0.4, -0.2) is 271 Å². The van der Waals surface area contributed by atoms with Crippen molar-refractivity contribution >= 4 is 23.5 Å². The lowest BCUT2D eigenvalue weighted by Gasteiger charge is -2.49. The predicted octanol–water partition coefficient (Wildman–Crippen LogP) is -0.374. The molecule has 0 aromatic heterocycles. The minimum absolute atomic E-state index is 0.00255. The molecule has 0 aliphatic heterocycles. The van der Waals surface area contributed by atoms with Crippen molar-refractivity contribution in [3.05, 3.63) is 0 Å².